The van der Waals surface area contributed by atoms with Crippen LogP contribution in [-0.2, 0) is 89.7 Å². The third-order valence-corrected chi connectivity index (χ3v) is 24.2. The van der Waals surface area contributed by atoms with Crippen molar-refractivity contribution >= 4 is 75.7 Å². The molecule has 17 nitrogen and oxygen atoms in total. The van der Waals surface area contributed by atoms with Crippen molar-refractivity contribution in [3.05, 3.63) is 417 Å². The molecule has 10 aromatic carbocycles. The van der Waals surface area contributed by atoms with Gasteiger partial charge < -0.3 is 83.1 Å². The van der Waals surface area contributed by atoms with E-state index in [0.29, 0.717) is 11.5 Å². The van der Waals surface area contributed by atoms with Crippen molar-refractivity contribution in [3.8, 4) is 22.6 Å². The normalized spacial score (nSPS) is 16.1. The number of hydrogen-bond donors (Lipinski definition) is 0. The second-order valence-corrected chi connectivity index (χ2v) is 34.4. The van der Waals surface area contributed by atoms with E-state index in [-0.39, 0.29) is 84.3 Å². The average molecular weight is 2310 g/mol. The van der Waals surface area contributed by atoms with Crippen molar-refractivity contribution in [3.63, 3.8) is 0 Å². The maximum atomic E-state index is 5.96. The number of ether oxygens (including phenoxy) is 1. The minimum atomic E-state index is -1.92. The summed E-state index contributed by atoms with van der Waals surface area (Å²) in [7, 11) is 14.2. The van der Waals surface area contributed by atoms with E-state index >= 15 is 0 Å². The molecule has 0 amide bonds. The van der Waals surface area contributed by atoms with Crippen LogP contribution in [0.5, 0.6) is 11.5 Å². The molecule has 0 unspecified atom stereocenters. The Bertz CT molecular complexity index is 4930. The third-order valence-electron chi connectivity index (χ3n) is 20.1. The molecule has 0 radical (unpaired) electrons. The fourth-order valence-corrected chi connectivity index (χ4v) is 17.3. The van der Waals surface area contributed by atoms with Gasteiger partial charge in [0, 0.05) is 16.9 Å². The Morgan fingerprint density at radius 3 is 0.797 bits per heavy atom. The molecule has 8 heterocycles. The van der Waals surface area contributed by atoms with E-state index in [0.717, 1.165) is 66.4 Å². The second kappa shape index (κ2) is 38.8. The van der Waals surface area contributed by atoms with Gasteiger partial charge in [-0.1, -0.05) is 61.6 Å². The van der Waals surface area contributed by atoms with Crippen molar-refractivity contribution in [1.29, 1.82) is 0 Å². The Balaban J connectivity index is 0.000000145. The summed E-state index contributed by atoms with van der Waals surface area (Å²) in [6, 6.07) is 95.9. The summed E-state index contributed by atoms with van der Waals surface area (Å²) in [5.41, 5.74) is 14.7. The standard InChI is InChI=1S/C33H26N4.C22H24N4Si.C20H18N4O.C20H18N4S.4Pt/c1-34-17-19-36(23-34)27-11-7-9-25(21-27)33(26-10-8-12-28(22-26)37-20-18-35(2)24-37)31-15-5-3-13-29(31)30-14-4-6-16-32(30)33;1-23-11-13-25(17-23)19-7-5-9-21(15-19)27(3,4)22-10-6-8-20(16-22)26-14-12-24(2)18-26;2*1-21-9-11-23(15-21)17-5-3-7-19(13-17)25-20-8-4-6-18(14-20)24-12-10-22(2)16-24;;;;/h3-20,23-24H,1-2H3;5-14,17-18H,1-4H3;2*3-12,15-16H,1-2H3;;;;/q4*-4;4*+4. The monoisotopic (exact) mass is 2310 g/mol. The van der Waals surface area contributed by atoms with Crippen molar-refractivity contribution in [2.24, 2.45) is 0 Å². The van der Waals surface area contributed by atoms with Gasteiger partial charge in [0.05, 0.1) is 8.07 Å². The van der Waals surface area contributed by atoms with E-state index in [4.69, 9.17) is 4.74 Å². The van der Waals surface area contributed by atoms with E-state index in [2.05, 4.69) is 300 Å². The smallest absolute Gasteiger partial charge is 0.510 e. The maximum absolute atomic E-state index is 5.96. The van der Waals surface area contributed by atoms with Gasteiger partial charge in [-0.3, -0.25) is 0 Å². The number of anilines is 8. The largest absolute Gasteiger partial charge is 4.00 e. The number of rotatable bonds is 16. The molecule has 0 saturated heterocycles. The summed E-state index contributed by atoms with van der Waals surface area (Å²) in [5, 5.41) is 2.56. The van der Waals surface area contributed by atoms with Gasteiger partial charge in [-0.15, -0.1) is 127 Å². The van der Waals surface area contributed by atoms with Crippen molar-refractivity contribution in [2.75, 3.05) is 95.6 Å². The Kier molecular flexibility index (Phi) is 28.8. The molecule has 8 aliphatic heterocycles. The average Bonchev–Trinajstić information content (AvgIpc) is 1.53. The number of benzene rings is 10. The topological polar surface area (TPSA) is 61.1 Å². The molecule has 1 aliphatic carbocycles. The molecule has 10 aromatic rings. The van der Waals surface area contributed by atoms with Crippen LogP contribution < -0.4 is 54.3 Å². The van der Waals surface area contributed by atoms with Crippen LogP contribution in [0.1, 0.15) is 22.3 Å². The van der Waals surface area contributed by atoms with Crippen molar-refractivity contribution in [2.45, 2.75) is 28.3 Å². The Morgan fingerprint density at radius 2 is 0.508 bits per heavy atom. The molecule has 118 heavy (non-hydrogen) atoms. The third kappa shape index (κ3) is 19.6. The molecule has 19 rings (SSSR count). The molecular weight excluding hydrogens is 2220 g/mol. The quantitative estimate of drug-likeness (QED) is 0.0681. The van der Waals surface area contributed by atoms with Crippen LogP contribution in [0.4, 0.5) is 45.5 Å². The molecule has 0 atom stereocenters. The first-order valence-corrected chi connectivity index (χ1v) is 41.3. The molecule has 0 bridgehead atoms. The van der Waals surface area contributed by atoms with Crippen LogP contribution in [0.3, 0.4) is 0 Å². The van der Waals surface area contributed by atoms with Gasteiger partial charge in [-0.05, 0) is 178 Å². The SMILES string of the molecule is CN1C=CN(c2[c-]c(C3(c4[c-]c(N5C=CN(C)[CH-]5)ccc4)c4ccccc4-c4ccccc43)ccc2)[CH-]1.CN1C=CN(c2[c-]c(Oc3[c-]c(N4C=CN(C)[CH-]4)ccc3)ccc2)[CH-]1.CN1C=CN(c2[c-]c(Sc3[c-]c(N4C=CN(C)[CH-]4)ccc3)ccc2)[CH-]1.CN1C=CN(c2[c-]c([Si](C)(C)c3[c-]c(N4C=CN(C)[CH-]4)ccc3)ccc2)[CH-]1.[Pt+4].[Pt+4].[Pt+4].[Pt+4]. The van der Waals surface area contributed by atoms with E-state index < -0.39 is 13.5 Å². The first kappa shape index (κ1) is 87.4. The molecule has 23 heteroatoms. The molecule has 0 aromatic heterocycles. The van der Waals surface area contributed by atoms with Gasteiger partial charge in [0.1, 0.15) is 0 Å². The van der Waals surface area contributed by atoms with Crippen LogP contribution in [0.15, 0.2) is 303 Å². The van der Waals surface area contributed by atoms with Crippen LogP contribution in [0.25, 0.3) is 11.1 Å². The van der Waals surface area contributed by atoms with Crippen LogP contribution in [-0.4, -0.2) is 104 Å². The van der Waals surface area contributed by atoms with Gasteiger partial charge in [0.25, 0.3) is 0 Å². The summed E-state index contributed by atoms with van der Waals surface area (Å²) in [4.78, 5) is 34.9. The minimum Gasteiger partial charge on any atom is -0.510 e. The van der Waals surface area contributed by atoms with Crippen molar-refractivity contribution in [1.82, 2.24) is 39.2 Å². The van der Waals surface area contributed by atoms with E-state index in [1.807, 2.05) is 243 Å². The minimum absolute atomic E-state index is 0. The number of fused-ring (bicyclic) bond motifs is 3. The van der Waals surface area contributed by atoms with E-state index in [9.17, 15) is 0 Å². The summed E-state index contributed by atoms with van der Waals surface area (Å²) in [6.07, 6.45) is 32.4. The van der Waals surface area contributed by atoms with Gasteiger partial charge in [-0.2, -0.15) is 209 Å². The summed E-state index contributed by atoms with van der Waals surface area (Å²) >= 11 is 1.67. The zero-order chi connectivity index (χ0) is 78.5. The second-order valence-electron chi connectivity index (χ2n) is 29.0. The number of nitrogens with zero attached hydrogens (tertiary/aromatic N) is 16. The number of hydrogen-bond acceptors (Lipinski definition) is 18. The summed E-state index contributed by atoms with van der Waals surface area (Å²) < 4.78 is 5.96. The zero-order valence-corrected chi connectivity index (χ0v) is 77.5. The van der Waals surface area contributed by atoms with Crippen LogP contribution in [0.2, 0.25) is 13.1 Å². The molecule has 0 fully saturated rings. The van der Waals surface area contributed by atoms with E-state index in [1.165, 1.54) is 32.6 Å². The van der Waals surface area contributed by atoms with Crippen LogP contribution in [0, 0.1) is 102 Å². The molecule has 0 spiro atoms. The molecule has 0 saturated carbocycles. The predicted molar refractivity (Wildman–Crippen MR) is 463 cm³/mol. The van der Waals surface area contributed by atoms with Crippen molar-refractivity contribution < 1.29 is 89.0 Å². The molecule has 0 N–H and O–H groups in total. The van der Waals surface area contributed by atoms with Gasteiger partial charge in [0.15, 0.2) is 0 Å². The first-order valence-electron chi connectivity index (χ1n) is 37.5. The zero-order valence-electron chi connectivity index (χ0n) is 66.6. The van der Waals surface area contributed by atoms with Gasteiger partial charge in [0.2, 0.25) is 0 Å². The predicted octanol–water partition coefficient (Wildman–Crippen LogP) is 17.0. The summed E-state index contributed by atoms with van der Waals surface area (Å²) in [5.74, 6) is 1.31. The molecular formula is C95H86N16OPt4SSi. The Hall–Kier alpha value is -9.96. The Labute approximate surface area is 760 Å². The maximum Gasteiger partial charge on any atom is 4.00 e. The molecule has 602 valence electrons. The van der Waals surface area contributed by atoms with Gasteiger partial charge in [-0.25, -0.2) is 0 Å². The Morgan fingerprint density at radius 1 is 0.263 bits per heavy atom. The summed E-state index contributed by atoms with van der Waals surface area (Å²) in [6.45, 7) is 21.0. The fraction of sp³-hybridized carbons (Fsp3) is 0.116. The van der Waals surface area contributed by atoms with Crippen LogP contribution >= 0.6 is 11.8 Å². The van der Waals surface area contributed by atoms with Gasteiger partial charge >= 0.3 is 84.3 Å². The van der Waals surface area contributed by atoms with E-state index in [1.54, 1.807) is 11.8 Å². The fourth-order valence-electron chi connectivity index (χ4n) is 14.3. The first-order chi connectivity index (χ1) is 55.4. The molecule has 9 aliphatic rings.